The highest BCUT2D eigenvalue weighted by Crippen LogP contribution is 2.27. The van der Waals surface area contributed by atoms with Crippen LogP contribution in [-0.2, 0) is 11.2 Å². The lowest BCUT2D eigenvalue weighted by Crippen LogP contribution is -2.36. The van der Waals surface area contributed by atoms with E-state index in [0.29, 0.717) is 19.8 Å². The Bertz CT molecular complexity index is 445. The third kappa shape index (κ3) is 3.42. The number of nitro benzene ring substituents is 1. The molecule has 0 amide bonds. The first kappa shape index (κ1) is 13.8. The maximum atomic E-state index is 10.9. The molecule has 1 heterocycles. The van der Waals surface area contributed by atoms with E-state index >= 15 is 0 Å². The first-order valence-corrected chi connectivity index (χ1v) is 6.52. The Labute approximate surface area is 112 Å². The largest absolute Gasteiger partial charge is 0.378 e. The summed E-state index contributed by atoms with van der Waals surface area (Å²) in [4.78, 5) is 12.7. The van der Waals surface area contributed by atoms with Crippen LogP contribution in [0.3, 0.4) is 0 Å². The number of non-ortho nitro benzene ring substituents is 1. The van der Waals surface area contributed by atoms with Crippen molar-refractivity contribution in [3.63, 3.8) is 0 Å². The van der Waals surface area contributed by atoms with Crippen LogP contribution in [0.1, 0.15) is 12.0 Å². The van der Waals surface area contributed by atoms with Crippen molar-refractivity contribution in [3.05, 3.63) is 33.9 Å². The normalized spacial score (nSPS) is 15.5. The Morgan fingerprint density at radius 1 is 1.37 bits per heavy atom. The molecule has 0 bridgehead atoms. The zero-order valence-electron chi connectivity index (χ0n) is 10.9. The molecule has 19 heavy (non-hydrogen) atoms. The SMILES string of the molecule is NCCCc1cc([N+](=O)[O-])ccc1N1CCOCC1. The first-order chi connectivity index (χ1) is 9.22. The summed E-state index contributed by atoms with van der Waals surface area (Å²) in [5, 5.41) is 10.9. The zero-order chi connectivity index (χ0) is 13.7. The molecule has 1 fully saturated rings. The van der Waals surface area contributed by atoms with E-state index in [1.54, 1.807) is 12.1 Å². The molecule has 104 valence electrons. The second kappa shape index (κ2) is 6.49. The highest BCUT2D eigenvalue weighted by Gasteiger charge is 2.17. The van der Waals surface area contributed by atoms with E-state index in [1.165, 1.54) is 0 Å². The molecule has 1 aromatic rings. The molecule has 0 aliphatic carbocycles. The third-order valence-electron chi connectivity index (χ3n) is 3.28. The number of nitrogens with two attached hydrogens (primary N) is 1. The van der Waals surface area contributed by atoms with E-state index in [9.17, 15) is 10.1 Å². The van der Waals surface area contributed by atoms with Gasteiger partial charge in [0.25, 0.3) is 5.69 Å². The summed E-state index contributed by atoms with van der Waals surface area (Å²) in [6, 6.07) is 5.08. The smallest absolute Gasteiger partial charge is 0.269 e. The van der Waals surface area contributed by atoms with Crippen molar-refractivity contribution < 1.29 is 9.66 Å². The van der Waals surface area contributed by atoms with Crippen LogP contribution < -0.4 is 10.6 Å². The summed E-state index contributed by atoms with van der Waals surface area (Å²) in [7, 11) is 0. The van der Waals surface area contributed by atoms with Gasteiger partial charge in [0.2, 0.25) is 0 Å². The average Bonchev–Trinajstić information content (AvgIpc) is 2.45. The third-order valence-corrected chi connectivity index (χ3v) is 3.28. The summed E-state index contributed by atoms with van der Waals surface area (Å²) >= 11 is 0. The molecule has 1 aliphatic heterocycles. The van der Waals surface area contributed by atoms with Gasteiger partial charge in [-0.2, -0.15) is 0 Å². The standard InChI is InChI=1S/C13H19N3O3/c14-5-1-2-11-10-12(16(17)18)3-4-13(11)15-6-8-19-9-7-15/h3-4,10H,1-2,5-9,14H2. The molecule has 6 nitrogen and oxygen atoms in total. The number of hydrogen-bond acceptors (Lipinski definition) is 5. The lowest BCUT2D eigenvalue weighted by atomic mass is 10.1. The van der Waals surface area contributed by atoms with Gasteiger partial charge in [-0.15, -0.1) is 0 Å². The van der Waals surface area contributed by atoms with E-state index in [4.69, 9.17) is 10.5 Å². The van der Waals surface area contributed by atoms with Gasteiger partial charge in [0.1, 0.15) is 0 Å². The Morgan fingerprint density at radius 2 is 2.11 bits per heavy atom. The molecule has 1 saturated heterocycles. The quantitative estimate of drug-likeness (QED) is 0.641. The van der Waals surface area contributed by atoms with Crippen molar-refractivity contribution in [2.45, 2.75) is 12.8 Å². The van der Waals surface area contributed by atoms with E-state index in [-0.39, 0.29) is 10.6 Å². The number of nitro groups is 1. The average molecular weight is 265 g/mol. The molecule has 1 aliphatic rings. The van der Waals surface area contributed by atoms with Crippen LogP contribution >= 0.6 is 0 Å². The zero-order valence-corrected chi connectivity index (χ0v) is 10.9. The maximum absolute atomic E-state index is 10.9. The van der Waals surface area contributed by atoms with E-state index in [2.05, 4.69) is 4.90 Å². The lowest BCUT2D eigenvalue weighted by molar-refractivity contribution is -0.384. The molecule has 0 saturated carbocycles. The van der Waals surface area contributed by atoms with Gasteiger partial charge in [-0.05, 0) is 31.0 Å². The van der Waals surface area contributed by atoms with E-state index < -0.39 is 0 Å². The topological polar surface area (TPSA) is 81.6 Å². The van der Waals surface area contributed by atoms with E-state index in [1.807, 2.05) is 6.07 Å². The van der Waals surface area contributed by atoms with Crippen LogP contribution in [0.5, 0.6) is 0 Å². The van der Waals surface area contributed by atoms with Gasteiger partial charge in [-0.1, -0.05) is 0 Å². The molecule has 0 spiro atoms. The Kier molecular flexibility index (Phi) is 4.70. The molecule has 1 aromatic carbocycles. The number of benzene rings is 1. The monoisotopic (exact) mass is 265 g/mol. The summed E-state index contributed by atoms with van der Waals surface area (Å²) in [6.45, 7) is 3.65. The van der Waals surface area contributed by atoms with Gasteiger partial charge in [-0.25, -0.2) is 0 Å². The number of morpholine rings is 1. The van der Waals surface area contributed by atoms with Crippen LogP contribution in [0.4, 0.5) is 11.4 Å². The molecule has 2 N–H and O–H groups in total. The fourth-order valence-corrected chi connectivity index (χ4v) is 2.29. The summed E-state index contributed by atoms with van der Waals surface area (Å²) in [6.07, 6.45) is 1.60. The van der Waals surface area contributed by atoms with Crippen molar-refractivity contribution in [3.8, 4) is 0 Å². The van der Waals surface area contributed by atoms with Crippen molar-refractivity contribution in [2.75, 3.05) is 37.7 Å². The van der Waals surface area contributed by atoms with Crippen LogP contribution in [0.2, 0.25) is 0 Å². The Balaban J connectivity index is 2.26. The lowest BCUT2D eigenvalue weighted by Gasteiger charge is -2.30. The molecular formula is C13H19N3O3. The number of aryl methyl sites for hydroxylation is 1. The fourth-order valence-electron chi connectivity index (χ4n) is 2.29. The molecule has 6 heteroatoms. The van der Waals surface area contributed by atoms with Crippen molar-refractivity contribution in [1.29, 1.82) is 0 Å². The van der Waals surface area contributed by atoms with Crippen LogP contribution in [0, 0.1) is 10.1 Å². The summed E-state index contributed by atoms with van der Waals surface area (Å²) in [5.74, 6) is 0. The minimum Gasteiger partial charge on any atom is -0.378 e. The van der Waals surface area contributed by atoms with Crippen molar-refractivity contribution >= 4 is 11.4 Å². The molecule has 2 rings (SSSR count). The number of ether oxygens (including phenoxy) is 1. The minimum atomic E-state index is -0.352. The predicted molar refractivity (Wildman–Crippen MR) is 73.5 cm³/mol. The van der Waals surface area contributed by atoms with E-state index in [0.717, 1.165) is 37.2 Å². The fraction of sp³-hybridized carbons (Fsp3) is 0.538. The molecule has 0 aromatic heterocycles. The maximum Gasteiger partial charge on any atom is 0.269 e. The van der Waals surface area contributed by atoms with Gasteiger partial charge in [-0.3, -0.25) is 10.1 Å². The van der Waals surface area contributed by atoms with Crippen LogP contribution in [0.25, 0.3) is 0 Å². The van der Waals surface area contributed by atoms with Crippen molar-refractivity contribution in [2.24, 2.45) is 5.73 Å². The Hall–Kier alpha value is -1.66. The number of anilines is 1. The number of rotatable bonds is 5. The molecule has 0 radical (unpaired) electrons. The number of hydrogen-bond donors (Lipinski definition) is 1. The van der Waals surface area contributed by atoms with Gasteiger partial charge >= 0.3 is 0 Å². The van der Waals surface area contributed by atoms with Gasteiger partial charge in [0, 0.05) is 30.9 Å². The number of nitrogens with zero attached hydrogens (tertiary/aromatic N) is 2. The minimum absolute atomic E-state index is 0.143. The Morgan fingerprint density at radius 3 is 2.74 bits per heavy atom. The predicted octanol–water partition coefficient (Wildman–Crippen LogP) is 1.32. The second-order valence-corrected chi connectivity index (χ2v) is 4.56. The molecular weight excluding hydrogens is 246 g/mol. The van der Waals surface area contributed by atoms with Crippen LogP contribution in [0.15, 0.2) is 18.2 Å². The highest BCUT2D eigenvalue weighted by molar-refractivity contribution is 5.58. The molecule has 0 unspecified atom stereocenters. The summed E-state index contributed by atoms with van der Waals surface area (Å²) < 4.78 is 5.33. The van der Waals surface area contributed by atoms with Crippen molar-refractivity contribution in [1.82, 2.24) is 0 Å². The summed E-state index contributed by atoms with van der Waals surface area (Å²) in [5.41, 5.74) is 7.75. The molecule has 0 atom stereocenters. The highest BCUT2D eigenvalue weighted by atomic mass is 16.6. The first-order valence-electron chi connectivity index (χ1n) is 6.52. The van der Waals surface area contributed by atoms with Crippen LogP contribution in [-0.4, -0.2) is 37.8 Å². The van der Waals surface area contributed by atoms with Gasteiger partial charge in [0.05, 0.1) is 18.1 Å². The van der Waals surface area contributed by atoms with Gasteiger partial charge in [0.15, 0.2) is 0 Å². The van der Waals surface area contributed by atoms with Gasteiger partial charge < -0.3 is 15.4 Å². The second-order valence-electron chi connectivity index (χ2n) is 4.56.